The number of pyridine rings is 1. The fourth-order valence-corrected chi connectivity index (χ4v) is 2.37. The second kappa shape index (κ2) is 4.72. The average molecular weight is 301 g/mol. The van der Waals surface area contributed by atoms with Crippen LogP contribution < -0.4 is 4.90 Å². The van der Waals surface area contributed by atoms with E-state index in [0.717, 1.165) is 10.9 Å². The van der Waals surface area contributed by atoms with Gasteiger partial charge >= 0.3 is 6.09 Å². The SMILES string of the molecule is CN(C(=O)OC(C)(C)C)c1nc2[nH]ccc2c2c1ncn2C. The normalized spacial score (nSPS) is 12.0. The number of aryl methyl sites for hydroxylation is 1. The van der Waals surface area contributed by atoms with Crippen molar-refractivity contribution in [2.24, 2.45) is 7.05 Å². The zero-order valence-corrected chi connectivity index (χ0v) is 13.3. The molecule has 0 spiro atoms. The Bertz CT molecular complexity index is 856. The Morgan fingerprint density at radius 1 is 1.41 bits per heavy atom. The first kappa shape index (κ1) is 14.4. The van der Waals surface area contributed by atoms with Crippen LogP contribution in [0.1, 0.15) is 20.8 Å². The summed E-state index contributed by atoms with van der Waals surface area (Å²) in [7, 11) is 3.55. The van der Waals surface area contributed by atoms with Crippen molar-refractivity contribution in [1.82, 2.24) is 19.5 Å². The third-order valence-corrected chi connectivity index (χ3v) is 3.33. The highest BCUT2D eigenvalue weighted by Crippen LogP contribution is 2.29. The zero-order valence-electron chi connectivity index (χ0n) is 13.3. The first-order chi connectivity index (χ1) is 10.3. The predicted octanol–water partition coefficient (Wildman–Crippen LogP) is 2.82. The minimum atomic E-state index is -0.564. The van der Waals surface area contributed by atoms with Crippen LogP contribution in [-0.4, -0.2) is 38.3 Å². The fraction of sp³-hybridized carbons (Fsp3) is 0.400. The Balaban J connectivity index is 2.14. The Morgan fingerprint density at radius 3 is 2.82 bits per heavy atom. The van der Waals surface area contributed by atoms with Gasteiger partial charge in [0.25, 0.3) is 0 Å². The second-order valence-corrected chi connectivity index (χ2v) is 6.27. The molecule has 3 aromatic rings. The molecule has 22 heavy (non-hydrogen) atoms. The van der Waals surface area contributed by atoms with Gasteiger partial charge in [0.15, 0.2) is 5.82 Å². The van der Waals surface area contributed by atoms with Crippen molar-refractivity contribution in [3.05, 3.63) is 18.6 Å². The molecule has 0 aliphatic heterocycles. The van der Waals surface area contributed by atoms with E-state index in [1.807, 2.05) is 44.6 Å². The highest BCUT2D eigenvalue weighted by molar-refractivity contribution is 6.08. The molecular formula is C15H19N5O2. The van der Waals surface area contributed by atoms with Crippen molar-refractivity contribution >= 4 is 34.0 Å². The van der Waals surface area contributed by atoms with Gasteiger partial charge in [0.2, 0.25) is 0 Å². The van der Waals surface area contributed by atoms with Gasteiger partial charge in [0.1, 0.15) is 16.8 Å². The van der Waals surface area contributed by atoms with Crippen molar-refractivity contribution in [2.75, 3.05) is 11.9 Å². The Hall–Kier alpha value is -2.57. The van der Waals surface area contributed by atoms with Gasteiger partial charge in [-0.1, -0.05) is 0 Å². The van der Waals surface area contributed by atoms with Crippen LogP contribution in [0.5, 0.6) is 0 Å². The molecule has 1 amide bonds. The smallest absolute Gasteiger partial charge is 0.415 e. The average Bonchev–Trinajstić information content (AvgIpc) is 3.01. The third kappa shape index (κ3) is 2.28. The number of aromatic nitrogens is 4. The lowest BCUT2D eigenvalue weighted by atomic mass is 10.2. The molecule has 0 bridgehead atoms. The van der Waals surface area contributed by atoms with Crippen LogP contribution in [0.4, 0.5) is 10.6 Å². The molecule has 3 rings (SSSR count). The Labute approximate surface area is 127 Å². The van der Waals surface area contributed by atoms with Gasteiger partial charge in [0.05, 0.1) is 11.8 Å². The molecule has 0 aliphatic carbocycles. The maximum Gasteiger partial charge on any atom is 0.415 e. The van der Waals surface area contributed by atoms with E-state index in [1.165, 1.54) is 4.90 Å². The first-order valence-corrected chi connectivity index (χ1v) is 7.03. The minimum Gasteiger partial charge on any atom is -0.443 e. The number of hydrogen-bond acceptors (Lipinski definition) is 4. The summed E-state index contributed by atoms with van der Waals surface area (Å²) in [6.07, 6.45) is 3.07. The molecule has 3 heterocycles. The number of fused-ring (bicyclic) bond motifs is 3. The van der Waals surface area contributed by atoms with E-state index in [1.54, 1.807) is 13.4 Å². The van der Waals surface area contributed by atoms with E-state index in [-0.39, 0.29) is 0 Å². The molecule has 0 aliphatic rings. The van der Waals surface area contributed by atoms with Crippen molar-refractivity contribution in [1.29, 1.82) is 0 Å². The Morgan fingerprint density at radius 2 is 2.14 bits per heavy atom. The van der Waals surface area contributed by atoms with Gasteiger partial charge in [-0.05, 0) is 26.8 Å². The number of aromatic amines is 1. The van der Waals surface area contributed by atoms with E-state index in [9.17, 15) is 4.79 Å². The molecule has 7 heteroatoms. The highest BCUT2D eigenvalue weighted by atomic mass is 16.6. The van der Waals surface area contributed by atoms with Gasteiger partial charge in [-0.2, -0.15) is 0 Å². The van der Waals surface area contributed by atoms with Gasteiger partial charge in [0, 0.05) is 25.7 Å². The van der Waals surface area contributed by atoms with Gasteiger partial charge < -0.3 is 14.3 Å². The van der Waals surface area contributed by atoms with E-state index < -0.39 is 11.7 Å². The third-order valence-electron chi connectivity index (χ3n) is 3.33. The maximum absolute atomic E-state index is 12.3. The standard InChI is InChI=1S/C15H19N5O2/c1-15(2,3)22-14(21)20(5)13-10-11(19(4)8-17-10)9-6-7-16-12(9)18-13/h6-8H,1-5H3,(H,16,18). The van der Waals surface area contributed by atoms with Crippen LogP contribution in [0.25, 0.3) is 22.1 Å². The molecule has 0 saturated heterocycles. The number of amides is 1. The maximum atomic E-state index is 12.3. The molecule has 3 aromatic heterocycles. The van der Waals surface area contributed by atoms with Crippen molar-refractivity contribution in [3.8, 4) is 0 Å². The second-order valence-electron chi connectivity index (χ2n) is 6.27. The van der Waals surface area contributed by atoms with Gasteiger partial charge in [-0.15, -0.1) is 0 Å². The molecule has 116 valence electrons. The van der Waals surface area contributed by atoms with Crippen LogP contribution in [0.2, 0.25) is 0 Å². The monoisotopic (exact) mass is 301 g/mol. The van der Waals surface area contributed by atoms with Crippen molar-refractivity contribution in [3.63, 3.8) is 0 Å². The lowest BCUT2D eigenvalue weighted by molar-refractivity contribution is 0.0589. The number of ether oxygens (including phenoxy) is 1. The molecule has 7 nitrogen and oxygen atoms in total. The summed E-state index contributed by atoms with van der Waals surface area (Å²) in [5.41, 5.74) is 1.74. The number of nitrogens with one attached hydrogen (secondary N) is 1. The number of carbonyl (C=O) groups excluding carboxylic acids is 1. The van der Waals surface area contributed by atoms with Crippen molar-refractivity contribution in [2.45, 2.75) is 26.4 Å². The molecule has 0 unspecified atom stereocenters. The van der Waals surface area contributed by atoms with Gasteiger partial charge in [-0.3, -0.25) is 4.90 Å². The lowest BCUT2D eigenvalue weighted by Crippen LogP contribution is -2.34. The number of imidazole rings is 1. The summed E-state index contributed by atoms with van der Waals surface area (Å²) < 4.78 is 7.32. The van der Waals surface area contributed by atoms with E-state index in [0.29, 0.717) is 17.0 Å². The largest absolute Gasteiger partial charge is 0.443 e. The zero-order chi connectivity index (χ0) is 16.1. The number of anilines is 1. The number of hydrogen-bond donors (Lipinski definition) is 1. The quantitative estimate of drug-likeness (QED) is 0.750. The van der Waals surface area contributed by atoms with Crippen LogP contribution >= 0.6 is 0 Å². The topological polar surface area (TPSA) is 76.0 Å². The minimum absolute atomic E-state index is 0.460. The van der Waals surface area contributed by atoms with Crippen LogP contribution in [0, 0.1) is 0 Å². The Kier molecular flexibility index (Phi) is 3.09. The number of H-pyrrole nitrogens is 1. The molecule has 0 atom stereocenters. The summed E-state index contributed by atoms with van der Waals surface area (Å²) in [6, 6.07) is 1.95. The highest BCUT2D eigenvalue weighted by Gasteiger charge is 2.24. The molecule has 0 saturated carbocycles. The molecular weight excluding hydrogens is 282 g/mol. The van der Waals surface area contributed by atoms with E-state index >= 15 is 0 Å². The number of nitrogens with zero attached hydrogens (tertiary/aromatic N) is 4. The van der Waals surface area contributed by atoms with Crippen molar-refractivity contribution < 1.29 is 9.53 Å². The lowest BCUT2D eigenvalue weighted by Gasteiger charge is -2.24. The molecule has 0 radical (unpaired) electrons. The van der Waals surface area contributed by atoms with Gasteiger partial charge in [-0.25, -0.2) is 14.8 Å². The summed E-state index contributed by atoms with van der Waals surface area (Å²) in [5, 5.41) is 0.969. The number of carbonyl (C=O) groups is 1. The summed E-state index contributed by atoms with van der Waals surface area (Å²) >= 11 is 0. The van der Waals surface area contributed by atoms with E-state index in [4.69, 9.17) is 4.74 Å². The summed E-state index contributed by atoms with van der Waals surface area (Å²) in [4.78, 5) is 25.7. The van der Waals surface area contributed by atoms with Crippen LogP contribution in [0.3, 0.4) is 0 Å². The number of rotatable bonds is 1. The van der Waals surface area contributed by atoms with E-state index in [2.05, 4.69) is 15.0 Å². The molecule has 0 aromatic carbocycles. The summed E-state index contributed by atoms with van der Waals surface area (Å²) in [6.45, 7) is 5.49. The molecule has 0 fully saturated rings. The first-order valence-electron chi connectivity index (χ1n) is 7.03. The van der Waals surface area contributed by atoms with Crippen LogP contribution in [-0.2, 0) is 11.8 Å². The summed E-state index contributed by atoms with van der Waals surface area (Å²) in [5.74, 6) is 0.472. The predicted molar refractivity (Wildman–Crippen MR) is 85.0 cm³/mol. The van der Waals surface area contributed by atoms with Crippen LogP contribution in [0.15, 0.2) is 18.6 Å². The fourth-order valence-electron chi connectivity index (χ4n) is 2.37. The molecule has 1 N–H and O–H groups in total.